The van der Waals surface area contributed by atoms with Gasteiger partial charge in [-0.2, -0.15) is 0 Å². The third-order valence-corrected chi connectivity index (χ3v) is 5.48. The summed E-state index contributed by atoms with van der Waals surface area (Å²) in [4.78, 5) is 65.6. The number of benzene rings is 1. The number of primary amides is 1. The predicted molar refractivity (Wildman–Crippen MR) is 140 cm³/mol. The molecule has 0 bridgehead atoms. The summed E-state index contributed by atoms with van der Waals surface area (Å²) in [5.74, 6) is -5.13. The lowest BCUT2D eigenvalue weighted by molar-refractivity contribution is -0.143. The summed E-state index contributed by atoms with van der Waals surface area (Å²) in [7, 11) is 0. The molecule has 4 atom stereocenters. The highest BCUT2D eigenvalue weighted by atomic mass is 16.4. The number of aliphatic imine (C=N–C) groups is 1. The van der Waals surface area contributed by atoms with Crippen molar-refractivity contribution in [3.63, 3.8) is 0 Å². The summed E-state index contributed by atoms with van der Waals surface area (Å²) in [6, 6.07) is 4.17. The van der Waals surface area contributed by atoms with Gasteiger partial charge in [0.2, 0.25) is 23.6 Å². The number of nitrogens with one attached hydrogen (secondary N) is 3. The molecule has 14 heteroatoms. The number of carboxylic acid groups (broad SMARTS) is 1. The van der Waals surface area contributed by atoms with Crippen LogP contribution in [0.2, 0.25) is 0 Å². The van der Waals surface area contributed by atoms with Gasteiger partial charge in [-0.1, -0.05) is 44.2 Å². The fraction of sp³-hybridized carbons (Fsp3) is 0.500. The lowest BCUT2D eigenvalue weighted by Gasteiger charge is -2.25. The molecule has 14 nitrogen and oxygen atoms in total. The van der Waals surface area contributed by atoms with Crippen molar-refractivity contribution in [1.29, 1.82) is 0 Å². The molecule has 1 aromatic rings. The minimum atomic E-state index is -1.48. The zero-order valence-electron chi connectivity index (χ0n) is 21.6. The van der Waals surface area contributed by atoms with Crippen LogP contribution in [0.25, 0.3) is 0 Å². The molecule has 0 spiro atoms. The zero-order valence-corrected chi connectivity index (χ0v) is 21.6. The van der Waals surface area contributed by atoms with E-state index in [4.69, 9.17) is 22.9 Å². The molecule has 0 aliphatic carbocycles. The van der Waals surface area contributed by atoms with Crippen LogP contribution in [0.4, 0.5) is 0 Å². The highest BCUT2D eigenvalue weighted by Gasteiger charge is 2.32. The van der Waals surface area contributed by atoms with Crippen LogP contribution < -0.4 is 38.9 Å². The van der Waals surface area contributed by atoms with Gasteiger partial charge in [0.1, 0.15) is 18.1 Å². The molecule has 210 valence electrons. The number of hydrogen-bond donors (Lipinski definition) is 8. The first-order chi connectivity index (χ1) is 17.8. The molecule has 4 unspecified atom stereocenters. The Morgan fingerprint density at radius 3 is 2.00 bits per heavy atom. The van der Waals surface area contributed by atoms with E-state index in [1.54, 1.807) is 38.1 Å². The minimum absolute atomic E-state index is 0.0705. The van der Waals surface area contributed by atoms with Crippen molar-refractivity contribution in [1.82, 2.24) is 16.0 Å². The second-order valence-corrected chi connectivity index (χ2v) is 9.11. The Hall–Kier alpha value is -4.20. The Morgan fingerprint density at radius 1 is 0.895 bits per heavy atom. The van der Waals surface area contributed by atoms with Crippen molar-refractivity contribution < 1.29 is 29.1 Å². The SMILES string of the molecule is CC(C)C(NC(=O)C(CC(N)=O)NC(=O)C(CCCN=C(N)N)NC(=O)C(N)Cc1ccccc1)C(=O)O. The van der Waals surface area contributed by atoms with Crippen molar-refractivity contribution >= 4 is 35.6 Å². The van der Waals surface area contributed by atoms with Gasteiger partial charge in [0, 0.05) is 6.54 Å². The molecule has 12 N–H and O–H groups in total. The number of nitrogens with zero attached hydrogens (tertiary/aromatic N) is 1. The third-order valence-electron chi connectivity index (χ3n) is 5.48. The van der Waals surface area contributed by atoms with Gasteiger partial charge in [0.05, 0.1) is 12.5 Å². The third kappa shape index (κ3) is 11.7. The number of nitrogens with two attached hydrogens (primary N) is 4. The summed E-state index contributed by atoms with van der Waals surface area (Å²) in [5, 5.41) is 16.6. The predicted octanol–water partition coefficient (Wildman–Crippen LogP) is -2.32. The molecule has 4 amide bonds. The van der Waals surface area contributed by atoms with Crippen LogP contribution in [0.3, 0.4) is 0 Å². The molecular weight excluding hydrogens is 496 g/mol. The molecule has 1 aromatic carbocycles. The molecule has 0 saturated heterocycles. The molecule has 38 heavy (non-hydrogen) atoms. The number of carboxylic acids is 1. The van der Waals surface area contributed by atoms with Crippen LogP contribution >= 0.6 is 0 Å². The van der Waals surface area contributed by atoms with Gasteiger partial charge >= 0.3 is 5.97 Å². The number of rotatable bonds is 16. The van der Waals surface area contributed by atoms with Crippen molar-refractivity contribution in [2.75, 3.05) is 6.54 Å². The second-order valence-electron chi connectivity index (χ2n) is 9.11. The quantitative estimate of drug-likeness (QED) is 0.0642. The van der Waals surface area contributed by atoms with Gasteiger partial charge < -0.3 is 44.0 Å². The Labute approximate surface area is 221 Å². The fourth-order valence-corrected chi connectivity index (χ4v) is 3.46. The molecule has 0 aliphatic rings. The monoisotopic (exact) mass is 534 g/mol. The highest BCUT2D eigenvalue weighted by molar-refractivity contribution is 5.96. The smallest absolute Gasteiger partial charge is 0.326 e. The second kappa shape index (κ2) is 15.8. The topological polar surface area (TPSA) is 258 Å². The normalized spacial score (nSPS) is 13.9. The summed E-state index contributed by atoms with van der Waals surface area (Å²) < 4.78 is 0. The number of amides is 4. The Balaban J connectivity index is 3.03. The van der Waals surface area contributed by atoms with Crippen LogP contribution in [0.5, 0.6) is 0 Å². The zero-order chi connectivity index (χ0) is 28.8. The van der Waals surface area contributed by atoms with E-state index in [0.717, 1.165) is 5.56 Å². The van der Waals surface area contributed by atoms with E-state index in [0.29, 0.717) is 0 Å². The molecule has 0 aliphatic heterocycles. The first-order valence-corrected chi connectivity index (χ1v) is 12.1. The van der Waals surface area contributed by atoms with Gasteiger partial charge in [-0.15, -0.1) is 0 Å². The van der Waals surface area contributed by atoms with Crippen molar-refractivity contribution in [2.24, 2.45) is 33.8 Å². The van der Waals surface area contributed by atoms with Gasteiger partial charge in [0.25, 0.3) is 0 Å². The molecule has 1 rings (SSSR count). The first-order valence-electron chi connectivity index (χ1n) is 12.1. The molecule has 0 fully saturated rings. The number of aliphatic carboxylic acids is 1. The van der Waals surface area contributed by atoms with Crippen molar-refractivity contribution in [3.8, 4) is 0 Å². The van der Waals surface area contributed by atoms with E-state index in [1.807, 2.05) is 6.07 Å². The average Bonchev–Trinajstić information content (AvgIpc) is 2.83. The van der Waals surface area contributed by atoms with Crippen LogP contribution in [0.15, 0.2) is 35.3 Å². The van der Waals surface area contributed by atoms with E-state index in [2.05, 4.69) is 20.9 Å². The summed E-state index contributed by atoms with van der Waals surface area (Å²) in [5.41, 5.74) is 22.7. The fourth-order valence-electron chi connectivity index (χ4n) is 3.46. The lowest BCUT2D eigenvalue weighted by Crippen LogP contribution is -2.58. The maximum atomic E-state index is 13.1. The largest absolute Gasteiger partial charge is 0.480 e. The van der Waals surface area contributed by atoms with Gasteiger partial charge in [-0.3, -0.25) is 24.2 Å². The molecule has 0 heterocycles. The van der Waals surface area contributed by atoms with Crippen LogP contribution in [-0.4, -0.2) is 71.4 Å². The summed E-state index contributed by atoms with van der Waals surface area (Å²) in [6.45, 7) is 3.33. The van der Waals surface area contributed by atoms with Crippen LogP contribution in [-0.2, 0) is 30.4 Å². The summed E-state index contributed by atoms with van der Waals surface area (Å²) >= 11 is 0. The van der Waals surface area contributed by atoms with Crippen LogP contribution in [0.1, 0.15) is 38.7 Å². The van der Waals surface area contributed by atoms with Gasteiger partial charge in [-0.25, -0.2) is 4.79 Å². The standard InChI is InChI=1S/C24H38N8O6/c1-13(2)19(23(37)38)32-22(36)17(12-18(26)33)31-21(35)16(9-6-10-29-24(27)28)30-20(34)15(25)11-14-7-4-3-5-8-14/h3-5,7-8,13,15-17,19H,6,9-12,25H2,1-2H3,(H2,26,33)(H,30,34)(H,31,35)(H,32,36)(H,37,38)(H4,27,28,29). The van der Waals surface area contributed by atoms with Crippen molar-refractivity contribution in [3.05, 3.63) is 35.9 Å². The van der Waals surface area contributed by atoms with E-state index >= 15 is 0 Å². The van der Waals surface area contributed by atoms with E-state index < -0.39 is 66.1 Å². The van der Waals surface area contributed by atoms with Gasteiger partial charge in [0.15, 0.2) is 5.96 Å². The number of guanidine groups is 1. The molecule has 0 aromatic heterocycles. The highest BCUT2D eigenvalue weighted by Crippen LogP contribution is 2.07. The number of hydrogen-bond acceptors (Lipinski definition) is 7. The van der Waals surface area contributed by atoms with E-state index in [1.165, 1.54) is 0 Å². The summed E-state index contributed by atoms with van der Waals surface area (Å²) in [6.07, 6.45) is -0.0237. The van der Waals surface area contributed by atoms with Crippen LogP contribution in [0, 0.1) is 5.92 Å². The average molecular weight is 535 g/mol. The Kier molecular flexibility index (Phi) is 13.2. The van der Waals surface area contributed by atoms with Gasteiger partial charge in [-0.05, 0) is 30.7 Å². The maximum absolute atomic E-state index is 13.1. The number of carbonyl (C=O) groups is 5. The molecular formula is C24H38N8O6. The van der Waals surface area contributed by atoms with Crippen molar-refractivity contribution in [2.45, 2.75) is 63.7 Å². The number of carbonyl (C=O) groups excluding carboxylic acids is 4. The lowest BCUT2D eigenvalue weighted by atomic mass is 10.0. The van der Waals surface area contributed by atoms with E-state index in [9.17, 15) is 29.1 Å². The Morgan fingerprint density at radius 2 is 1.47 bits per heavy atom. The first kappa shape index (κ1) is 31.8. The Bertz CT molecular complexity index is 997. The molecule has 0 saturated carbocycles. The molecule has 0 radical (unpaired) electrons. The minimum Gasteiger partial charge on any atom is -0.480 e. The van der Waals surface area contributed by atoms with E-state index in [-0.39, 0.29) is 31.8 Å². The maximum Gasteiger partial charge on any atom is 0.326 e.